The Labute approximate surface area is 39.3 Å². The van der Waals surface area contributed by atoms with Gasteiger partial charge in [-0.1, -0.05) is 6.92 Å². The van der Waals surface area contributed by atoms with E-state index in [1.807, 2.05) is 14.1 Å². The summed E-state index contributed by atoms with van der Waals surface area (Å²) in [6.07, 6.45) is 3.26. The normalized spacial score (nSPS) is 7.83. The van der Waals surface area contributed by atoms with Gasteiger partial charge in [0.15, 0.2) is 0 Å². The zero-order valence-electron chi connectivity index (χ0n) is 4.73. The molecule has 0 saturated heterocycles. The van der Waals surface area contributed by atoms with Gasteiger partial charge in [-0.15, -0.1) is 0 Å². The molecule has 0 aromatic carbocycles. The Kier molecular flexibility index (Phi) is 2.73. The third-order valence-corrected chi connectivity index (χ3v) is 0.548. The van der Waals surface area contributed by atoms with E-state index < -0.39 is 0 Å². The van der Waals surface area contributed by atoms with Crippen LogP contribution in [0.1, 0.15) is 13.3 Å². The van der Waals surface area contributed by atoms with Crippen molar-refractivity contribution in [3.63, 3.8) is 0 Å². The highest BCUT2D eigenvalue weighted by Crippen LogP contribution is 1.61. The van der Waals surface area contributed by atoms with Gasteiger partial charge in [0, 0.05) is 6.42 Å². The van der Waals surface area contributed by atoms with E-state index in [4.69, 9.17) is 0 Å². The van der Waals surface area contributed by atoms with Crippen molar-refractivity contribution in [3.05, 3.63) is 0 Å². The molecule has 0 unspecified atom stereocenters. The fraction of sp³-hybridized carbons (Fsp3) is 0.800. The zero-order chi connectivity index (χ0) is 4.99. The van der Waals surface area contributed by atoms with Crippen LogP contribution in [0.2, 0.25) is 0 Å². The monoisotopic (exact) mass is 88.1 g/mol. The second kappa shape index (κ2) is 2.88. The zero-order valence-corrected chi connectivity index (χ0v) is 4.73. The third kappa shape index (κ3) is 3.67. The summed E-state index contributed by atoms with van der Waals surface area (Å²) in [5.41, 5.74) is 0. The smallest absolute Gasteiger partial charge is 0.138 e. The molecule has 0 aromatic heterocycles. The van der Waals surface area contributed by atoms with Crippen molar-refractivity contribution in [2.24, 2.45) is 0 Å². The molecule has 36 valence electrons. The molecule has 0 radical (unpaired) electrons. The summed E-state index contributed by atoms with van der Waals surface area (Å²) >= 11 is 0. The first-order valence-corrected chi connectivity index (χ1v) is 2.27. The maximum Gasteiger partial charge on any atom is 0.138 e. The first-order chi connectivity index (χ1) is 2.77. The summed E-state index contributed by atoms with van der Waals surface area (Å²) in [4.78, 5) is 0. The second-order valence-corrected chi connectivity index (χ2v) is 1.55. The van der Waals surface area contributed by atoms with E-state index in [0.717, 1.165) is 6.42 Å². The van der Waals surface area contributed by atoms with Gasteiger partial charge in [-0.05, 0) is 0 Å². The van der Waals surface area contributed by atoms with Crippen molar-refractivity contribution in [1.82, 2.24) is 0 Å². The molecule has 0 heterocycles. The predicted octanol–water partition coefficient (Wildman–Crippen LogP) is 0.739. The molecule has 0 aliphatic rings. The number of nitrogens with zero attached hydrogens (tertiary/aromatic N) is 1. The third-order valence-electron chi connectivity index (χ3n) is 0.548. The largest absolute Gasteiger partial charge is 0.245 e. The van der Waals surface area contributed by atoms with Crippen LogP contribution in [-0.2, 0) is 0 Å². The van der Waals surface area contributed by atoms with E-state index in [-0.39, 0.29) is 0 Å². The molecule has 0 aliphatic heterocycles. The molecule has 0 bridgehead atoms. The standard InChI is InChI=1S/C5H12N/c1-4-5-6(2)3/h5H,4H2,1-3H3/q+1/i1+1,4+1. The molecule has 0 aliphatic carbocycles. The van der Waals surface area contributed by atoms with Gasteiger partial charge in [0.1, 0.15) is 20.3 Å². The number of hydrogen-bond acceptors (Lipinski definition) is 0. The van der Waals surface area contributed by atoms with Crippen molar-refractivity contribution in [1.29, 1.82) is 0 Å². The molecular formula is C5H12N+. The minimum atomic E-state index is 1.13. The molecule has 0 rings (SSSR count). The lowest BCUT2D eigenvalue weighted by Gasteiger charge is -1.76. The van der Waals surface area contributed by atoms with Crippen LogP contribution in [0.25, 0.3) is 0 Å². The number of hydrogen-bond donors (Lipinski definition) is 0. The first kappa shape index (κ1) is 5.67. The second-order valence-electron chi connectivity index (χ2n) is 1.55. The molecule has 1 nitrogen and oxygen atoms in total. The highest BCUT2D eigenvalue weighted by Gasteiger charge is 1.72. The van der Waals surface area contributed by atoms with Crippen molar-refractivity contribution >= 4 is 6.21 Å². The van der Waals surface area contributed by atoms with Crippen LogP contribution in [0.4, 0.5) is 0 Å². The quantitative estimate of drug-likeness (QED) is 0.252. The molecule has 0 fully saturated rings. The molecule has 0 amide bonds. The van der Waals surface area contributed by atoms with Crippen LogP contribution in [0.15, 0.2) is 0 Å². The molecule has 1 heteroatoms. The van der Waals surface area contributed by atoms with Crippen LogP contribution in [0, 0.1) is 0 Å². The van der Waals surface area contributed by atoms with Crippen molar-refractivity contribution < 1.29 is 4.58 Å². The van der Waals surface area contributed by atoms with Crippen molar-refractivity contribution in [2.75, 3.05) is 14.1 Å². The molecule has 0 aromatic rings. The van der Waals surface area contributed by atoms with Gasteiger partial charge in [-0.3, -0.25) is 0 Å². The topological polar surface area (TPSA) is 3.01 Å². The van der Waals surface area contributed by atoms with Crippen LogP contribution >= 0.6 is 0 Å². The molecule has 0 saturated carbocycles. The van der Waals surface area contributed by atoms with Gasteiger partial charge in [-0.25, -0.2) is 4.58 Å². The Hall–Kier alpha value is -0.330. The van der Waals surface area contributed by atoms with Crippen molar-refractivity contribution in [3.8, 4) is 0 Å². The molecular weight excluding hydrogens is 76.0 g/mol. The summed E-state index contributed by atoms with van der Waals surface area (Å²) in [6.45, 7) is 2.12. The highest BCUT2D eigenvalue weighted by molar-refractivity contribution is 5.49. The van der Waals surface area contributed by atoms with Gasteiger partial charge in [0.05, 0.1) is 0 Å². The van der Waals surface area contributed by atoms with Crippen LogP contribution in [0.5, 0.6) is 0 Å². The highest BCUT2D eigenvalue weighted by atomic mass is 14.9. The average molecular weight is 88.1 g/mol. The maximum atomic E-state index is 2.12. The van der Waals surface area contributed by atoms with E-state index in [1.54, 1.807) is 0 Å². The Morgan fingerprint density at radius 2 is 2.00 bits per heavy atom. The summed E-state index contributed by atoms with van der Waals surface area (Å²) in [5, 5.41) is 0. The predicted molar refractivity (Wildman–Crippen MR) is 28.5 cm³/mol. The Bertz CT molecular complexity index is 51.0. The summed E-state index contributed by atoms with van der Waals surface area (Å²) in [5.74, 6) is 0. The summed E-state index contributed by atoms with van der Waals surface area (Å²) in [6, 6.07) is 0. The fourth-order valence-corrected chi connectivity index (χ4v) is 0.365. The number of rotatable bonds is 1. The molecule has 0 spiro atoms. The molecule has 0 atom stereocenters. The lowest BCUT2D eigenvalue weighted by Crippen LogP contribution is -1.95. The van der Waals surface area contributed by atoms with E-state index >= 15 is 0 Å². The Balaban J connectivity index is 3.14. The van der Waals surface area contributed by atoms with Crippen LogP contribution in [-0.4, -0.2) is 24.9 Å². The SMILES string of the molecule is C[N+](C)=C[13CH2][13CH3]. The lowest BCUT2D eigenvalue weighted by atomic mass is 10.9. The Morgan fingerprint density at radius 1 is 1.50 bits per heavy atom. The molecule has 6 heavy (non-hydrogen) atoms. The van der Waals surface area contributed by atoms with Gasteiger partial charge in [-0.2, -0.15) is 0 Å². The van der Waals surface area contributed by atoms with E-state index in [1.165, 1.54) is 0 Å². The van der Waals surface area contributed by atoms with Crippen LogP contribution in [0.3, 0.4) is 0 Å². The van der Waals surface area contributed by atoms with E-state index in [2.05, 4.69) is 17.7 Å². The molecule has 0 N–H and O–H groups in total. The lowest BCUT2D eigenvalue weighted by molar-refractivity contribution is -0.460. The van der Waals surface area contributed by atoms with Gasteiger partial charge in [0.25, 0.3) is 0 Å². The average Bonchev–Trinajstić information content (AvgIpc) is 1.35. The maximum absolute atomic E-state index is 2.12. The van der Waals surface area contributed by atoms with E-state index in [0.29, 0.717) is 0 Å². The van der Waals surface area contributed by atoms with Crippen LogP contribution < -0.4 is 0 Å². The Morgan fingerprint density at radius 3 is 2.00 bits per heavy atom. The fourth-order valence-electron chi connectivity index (χ4n) is 0.365. The van der Waals surface area contributed by atoms with Crippen molar-refractivity contribution in [2.45, 2.75) is 13.3 Å². The minimum absolute atomic E-state index is 1.13. The first-order valence-electron chi connectivity index (χ1n) is 2.27. The van der Waals surface area contributed by atoms with E-state index in [9.17, 15) is 0 Å². The van der Waals surface area contributed by atoms with Gasteiger partial charge >= 0.3 is 0 Å². The van der Waals surface area contributed by atoms with Gasteiger partial charge < -0.3 is 0 Å². The minimum Gasteiger partial charge on any atom is -0.245 e. The summed E-state index contributed by atoms with van der Waals surface area (Å²) in [7, 11) is 4.06. The summed E-state index contributed by atoms with van der Waals surface area (Å²) < 4.78 is 2.06. The van der Waals surface area contributed by atoms with Gasteiger partial charge in [0.2, 0.25) is 0 Å².